The van der Waals surface area contributed by atoms with Crippen molar-refractivity contribution in [3.8, 4) is 6.07 Å². The second kappa shape index (κ2) is 6.02. The predicted molar refractivity (Wildman–Crippen MR) is 96.9 cm³/mol. The van der Waals surface area contributed by atoms with Crippen LogP contribution in [0.25, 0.3) is 16.7 Å². The summed E-state index contributed by atoms with van der Waals surface area (Å²) >= 11 is 0. The Hall–Kier alpha value is -3.53. The first-order chi connectivity index (χ1) is 12.9. The first-order valence-corrected chi connectivity index (χ1v) is 8.13. The monoisotopic (exact) mass is 366 g/mol. The van der Waals surface area contributed by atoms with Crippen molar-refractivity contribution in [1.82, 2.24) is 9.38 Å². The average molecular weight is 366 g/mol. The maximum Gasteiger partial charge on any atom is 0.417 e. The lowest BCUT2D eigenvalue weighted by Gasteiger charge is -2.15. The summed E-state index contributed by atoms with van der Waals surface area (Å²) in [5, 5.41) is 12.4. The molecule has 0 radical (unpaired) electrons. The third-order valence-electron chi connectivity index (χ3n) is 4.32. The Kier molecular flexibility index (Phi) is 3.77. The summed E-state index contributed by atoms with van der Waals surface area (Å²) in [6, 6.07) is 16.9. The van der Waals surface area contributed by atoms with E-state index in [1.54, 1.807) is 46.9 Å². The van der Waals surface area contributed by atoms with Crippen LogP contribution >= 0.6 is 0 Å². The van der Waals surface area contributed by atoms with Gasteiger partial charge in [0, 0.05) is 5.69 Å². The Labute approximate surface area is 152 Å². The second-order valence-electron chi connectivity index (χ2n) is 6.18. The molecule has 2 heterocycles. The van der Waals surface area contributed by atoms with Crippen LogP contribution in [0.2, 0.25) is 0 Å². The zero-order valence-electron chi connectivity index (χ0n) is 14.2. The fourth-order valence-corrected chi connectivity index (χ4v) is 3.04. The van der Waals surface area contributed by atoms with E-state index >= 15 is 0 Å². The highest BCUT2D eigenvalue weighted by Gasteiger charge is 2.36. The topological polar surface area (TPSA) is 53.1 Å². The molecular formula is C20H13F3N4. The number of aromatic nitrogens is 2. The number of rotatable bonds is 2. The smallest absolute Gasteiger partial charge is 0.341 e. The van der Waals surface area contributed by atoms with Crippen molar-refractivity contribution in [2.75, 3.05) is 5.32 Å². The summed E-state index contributed by atoms with van der Waals surface area (Å²) in [7, 11) is 0. The Morgan fingerprint density at radius 1 is 1.07 bits per heavy atom. The summed E-state index contributed by atoms with van der Waals surface area (Å²) in [6.45, 7) is 1.93. The van der Waals surface area contributed by atoms with E-state index in [1.165, 1.54) is 0 Å². The summed E-state index contributed by atoms with van der Waals surface area (Å²) in [4.78, 5) is 4.28. The molecule has 7 heteroatoms. The highest BCUT2D eigenvalue weighted by Crippen LogP contribution is 2.37. The van der Waals surface area contributed by atoms with Gasteiger partial charge in [0.15, 0.2) is 5.65 Å². The van der Waals surface area contributed by atoms with E-state index in [4.69, 9.17) is 0 Å². The number of para-hydroxylation sites is 2. The number of alkyl halides is 3. The standard InChI is InChI=1S/C20H13F3N4/c1-12-6-8-13(9-7-12)25-18-10-15(20(21,22)23)14(11-24)19-26-16-4-2-3-5-17(16)27(18)19/h2-10,25H,1H3. The molecule has 0 bridgehead atoms. The lowest BCUT2D eigenvalue weighted by Crippen LogP contribution is -2.12. The molecule has 134 valence electrons. The zero-order valence-corrected chi connectivity index (χ0v) is 14.2. The van der Waals surface area contributed by atoms with Crippen molar-refractivity contribution in [2.24, 2.45) is 0 Å². The van der Waals surface area contributed by atoms with Crippen LogP contribution in [0.4, 0.5) is 24.7 Å². The van der Waals surface area contributed by atoms with Gasteiger partial charge in [0.2, 0.25) is 0 Å². The van der Waals surface area contributed by atoms with Crippen LogP contribution < -0.4 is 5.32 Å². The molecule has 0 aliphatic rings. The molecule has 0 aliphatic carbocycles. The van der Waals surface area contributed by atoms with Gasteiger partial charge in [-0.1, -0.05) is 29.8 Å². The van der Waals surface area contributed by atoms with Crippen molar-refractivity contribution in [3.63, 3.8) is 0 Å². The van der Waals surface area contributed by atoms with Crippen molar-refractivity contribution < 1.29 is 13.2 Å². The number of nitrogens with zero attached hydrogens (tertiary/aromatic N) is 3. The highest BCUT2D eigenvalue weighted by atomic mass is 19.4. The molecule has 0 fully saturated rings. The molecule has 0 amide bonds. The van der Waals surface area contributed by atoms with E-state index in [0.717, 1.165) is 11.6 Å². The number of fused-ring (bicyclic) bond motifs is 3. The molecule has 2 aromatic heterocycles. The van der Waals surface area contributed by atoms with E-state index in [1.807, 2.05) is 19.1 Å². The average Bonchev–Trinajstić information content (AvgIpc) is 3.02. The van der Waals surface area contributed by atoms with Crippen molar-refractivity contribution in [2.45, 2.75) is 13.1 Å². The van der Waals surface area contributed by atoms with Crippen molar-refractivity contribution >= 4 is 28.2 Å². The number of benzene rings is 2. The minimum atomic E-state index is -4.67. The van der Waals surface area contributed by atoms with Gasteiger partial charge < -0.3 is 5.32 Å². The van der Waals surface area contributed by atoms with E-state index in [0.29, 0.717) is 16.7 Å². The summed E-state index contributed by atoms with van der Waals surface area (Å²) in [5.41, 5.74) is 1.28. The number of nitriles is 1. The molecule has 4 nitrogen and oxygen atoms in total. The maximum atomic E-state index is 13.6. The number of imidazole rings is 1. The molecule has 0 saturated heterocycles. The van der Waals surface area contributed by atoms with Gasteiger partial charge in [0.25, 0.3) is 0 Å². The first-order valence-electron chi connectivity index (χ1n) is 8.13. The minimum absolute atomic E-state index is 0.0249. The van der Waals surface area contributed by atoms with Crippen LogP contribution in [0.15, 0.2) is 54.6 Å². The molecule has 4 rings (SSSR count). The fourth-order valence-electron chi connectivity index (χ4n) is 3.04. The van der Waals surface area contributed by atoms with Crippen molar-refractivity contribution in [3.05, 3.63) is 71.3 Å². The normalized spacial score (nSPS) is 11.7. The summed E-state index contributed by atoms with van der Waals surface area (Å²) in [5.74, 6) is 0.189. The van der Waals surface area contributed by atoms with E-state index < -0.39 is 17.3 Å². The van der Waals surface area contributed by atoms with Crippen LogP contribution in [-0.4, -0.2) is 9.38 Å². The quantitative estimate of drug-likeness (QED) is 0.515. The molecule has 0 saturated carbocycles. The van der Waals surface area contributed by atoms with Gasteiger partial charge in [0.05, 0.1) is 16.6 Å². The largest absolute Gasteiger partial charge is 0.417 e. The predicted octanol–water partition coefficient (Wildman–Crippen LogP) is 5.43. The SMILES string of the molecule is Cc1ccc(Nc2cc(C(F)(F)F)c(C#N)c3nc4ccccc4n23)cc1. The second-order valence-corrected chi connectivity index (χ2v) is 6.18. The molecule has 0 atom stereocenters. The number of pyridine rings is 1. The van der Waals surface area contributed by atoms with Gasteiger partial charge >= 0.3 is 6.18 Å². The van der Waals surface area contributed by atoms with E-state index in [9.17, 15) is 18.4 Å². The van der Waals surface area contributed by atoms with Crippen LogP contribution in [-0.2, 0) is 6.18 Å². The minimum Gasteiger partial charge on any atom is -0.341 e. The van der Waals surface area contributed by atoms with Crippen molar-refractivity contribution in [1.29, 1.82) is 5.26 Å². The van der Waals surface area contributed by atoms with Crippen LogP contribution in [0.5, 0.6) is 0 Å². The summed E-state index contributed by atoms with van der Waals surface area (Å²) < 4.78 is 42.3. The Morgan fingerprint density at radius 2 is 1.78 bits per heavy atom. The molecule has 4 aromatic rings. The molecule has 0 unspecified atom stereocenters. The number of aryl methyl sites for hydroxylation is 1. The molecule has 2 aromatic carbocycles. The molecular weight excluding hydrogens is 353 g/mol. The van der Waals surface area contributed by atoms with Gasteiger partial charge in [0.1, 0.15) is 17.5 Å². The lowest BCUT2D eigenvalue weighted by atomic mass is 10.1. The Balaban J connectivity index is 2.06. The van der Waals surface area contributed by atoms with Gasteiger partial charge in [-0.2, -0.15) is 18.4 Å². The van der Waals surface area contributed by atoms with E-state index in [-0.39, 0.29) is 11.5 Å². The fraction of sp³-hybridized carbons (Fsp3) is 0.100. The van der Waals surface area contributed by atoms with Gasteiger partial charge in [-0.05, 0) is 37.3 Å². The van der Waals surface area contributed by atoms with Gasteiger partial charge in [-0.15, -0.1) is 0 Å². The van der Waals surface area contributed by atoms with Gasteiger partial charge in [-0.3, -0.25) is 4.40 Å². The third-order valence-corrected chi connectivity index (χ3v) is 4.32. The molecule has 27 heavy (non-hydrogen) atoms. The number of hydrogen-bond donors (Lipinski definition) is 1. The molecule has 0 spiro atoms. The number of hydrogen-bond acceptors (Lipinski definition) is 3. The zero-order chi connectivity index (χ0) is 19.2. The third kappa shape index (κ3) is 2.85. The number of halogens is 3. The number of nitrogens with one attached hydrogen (secondary N) is 1. The number of anilines is 2. The van der Waals surface area contributed by atoms with E-state index in [2.05, 4.69) is 10.3 Å². The summed E-state index contributed by atoms with van der Waals surface area (Å²) in [6.07, 6.45) is -4.67. The van der Waals surface area contributed by atoms with Crippen LogP contribution in [0.3, 0.4) is 0 Å². The Bertz CT molecular complexity index is 1200. The molecule has 1 N–H and O–H groups in total. The Morgan fingerprint density at radius 3 is 2.44 bits per heavy atom. The molecule has 0 aliphatic heterocycles. The lowest BCUT2D eigenvalue weighted by molar-refractivity contribution is -0.137. The highest BCUT2D eigenvalue weighted by molar-refractivity contribution is 5.86. The van der Waals surface area contributed by atoms with Gasteiger partial charge in [-0.25, -0.2) is 4.98 Å². The first kappa shape index (κ1) is 16.9. The maximum absolute atomic E-state index is 13.6. The van der Waals surface area contributed by atoms with Crippen LogP contribution in [0, 0.1) is 18.3 Å². The van der Waals surface area contributed by atoms with Crippen LogP contribution in [0.1, 0.15) is 16.7 Å².